The Morgan fingerprint density at radius 3 is 2.80 bits per heavy atom. The Morgan fingerprint density at radius 1 is 1.40 bits per heavy atom. The van der Waals surface area contributed by atoms with Crippen LogP contribution in [0.4, 0.5) is 5.82 Å². The van der Waals surface area contributed by atoms with E-state index in [1.165, 1.54) is 0 Å². The van der Waals surface area contributed by atoms with Crippen LogP contribution in [0.25, 0.3) is 0 Å². The summed E-state index contributed by atoms with van der Waals surface area (Å²) in [7, 11) is 0. The summed E-state index contributed by atoms with van der Waals surface area (Å²) in [6.07, 6.45) is 1.63. The predicted molar refractivity (Wildman–Crippen MR) is 76.9 cm³/mol. The average molecular weight is 268 g/mol. The van der Waals surface area contributed by atoms with Crippen molar-refractivity contribution in [2.75, 3.05) is 6.61 Å². The molecule has 0 amide bonds. The fourth-order valence-electron chi connectivity index (χ4n) is 1.86. The van der Waals surface area contributed by atoms with Gasteiger partial charge in [0.25, 0.3) is 0 Å². The Bertz CT molecular complexity index is 638. The summed E-state index contributed by atoms with van der Waals surface area (Å²) < 4.78 is 7.16. The highest BCUT2D eigenvalue weighted by molar-refractivity contribution is 5.76. The normalized spacial score (nSPS) is 11.2. The third kappa shape index (κ3) is 3.23. The summed E-state index contributed by atoms with van der Waals surface area (Å²) in [6.45, 7) is 4.83. The van der Waals surface area contributed by atoms with Gasteiger partial charge in [0.2, 0.25) is 0 Å². The van der Waals surface area contributed by atoms with Crippen LogP contribution in [-0.4, -0.2) is 22.1 Å². The van der Waals surface area contributed by atoms with E-state index in [1.807, 2.05) is 41.8 Å². The third-order valence-corrected chi connectivity index (χ3v) is 2.73. The molecular formula is C15H16N4O. The maximum Gasteiger partial charge on any atom is 0.186 e. The van der Waals surface area contributed by atoms with Crippen LogP contribution >= 0.6 is 0 Å². The van der Waals surface area contributed by atoms with Crippen molar-refractivity contribution >= 4 is 11.7 Å². The first kappa shape index (κ1) is 13.8. The molecule has 0 aliphatic carbocycles. The summed E-state index contributed by atoms with van der Waals surface area (Å²) in [4.78, 5) is 8.43. The van der Waals surface area contributed by atoms with Crippen LogP contribution in [0.15, 0.2) is 41.7 Å². The fraction of sp³-hybridized carbons (Fsp3) is 0.267. The molecule has 0 bridgehead atoms. The maximum atomic E-state index is 9.10. The first-order valence-electron chi connectivity index (χ1n) is 6.41. The Balaban J connectivity index is 2.33. The summed E-state index contributed by atoms with van der Waals surface area (Å²) in [5.41, 5.74) is 1.43. The number of benzene rings is 1. The minimum Gasteiger partial charge on any atom is -0.481 e. The van der Waals surface area contributed by atoms with Crippen LogP contribution in [-0.2, 0) is 11.3 Å². The highest BCUT2D eigenvalue weighted by atomic mass is 16.5. The van der Waals surface area contributed by atoms with Gasteiger partial charge in [-0.3, -0.25) is 0 Å². The Morgan fingerprint density at radius 2 is 2.15 bits per heavy atom. The van der Waals surface area contributed by atoms with E-state index >= 15 is 0 Å². The van der Waals surface area contributed by atoms with E-state index in [4.69, 9.17) is 10.00 Å². The maximum absolute atomic E-state index is 9.10. The van der Waals surface area contributed by atoms with E-state index in [-0.39, 0.29) is 0 Å². The van der Waals surface area contributed by atoms with E-state index in [0.717, 1.165) is 5.56 Å². The van der Waals surface area contributed by atoms with Gasteiger partial charge in [-0.25, -0.2) is 4.98 Å². The van der Waals surface area contributed by atoms with Gasteiger partial charge in [-0.1, -0.05) is 30.3 Å². The number of imidazole rings is 1. The van der Waals surface area contributed by atoms with Gasteiger partial charge in [0.1, 0.15) is 6.07 Å². The molecule has 0 saturated carbocycles. The summed E-state index contributed by atoms with van der Waals surface area (Å²) in [5.74, 6) is 1.06. The zero-order valence-corrected chi connectivity index (χ0v) is 11.6. The summed E-state index contributed by atoms with van der Waals surface area (Å²) in [5, 5.41) is 9.10. The van der Waals surface area contributed by atoms with E-state index in [1.54, 1.807) is 13.3 Å². The number of aliphatic imine (C=N–C) groups is 1. The second kappa shape index (κ2) is 6.53. The standard InChI is InChI=1S/C15H16N4O/c1-3-20-12(2)18-15-14(9-16)17-11-19(15)10-13-7-5-4-6-8-13/h4-8,11H,3,10H2,1-2H3. The zero-order chi connectivity index (χ0) is 14.4. The van der Waals surface area contributed by atoms with E-state index in [2.05, 4.69) is 16.0 Å². The lowest BCUT2D eigenvalue weighted by Gasteiger charge is -2.06. The van der Waals surface area contributed by atoms with Crippen molar-refractivity contribution in [1.82, 2.24) is 9.55 Å². The zero-order valence-electron chi connectivity index (χ0n) is 11.6. The smallest absolute Gasteiger partial charge is 0.186 e. The SMILES string of the molecule is CCOC(C)=Nc1c(C#N)ncn1Cc1ccccc1. The van der Waals surface area contributed by atoms with Gasteiger partial charge in [-0.15, -0.1) is 0 Å². The van der Waals surface area contributed by atoms with Gasteiger partial charge < -0.3 is 9.30 Å². The largest absolute Gasteiger partial charge is 0.481 e. The van der Waals surface area contributed by atoms with Crippen LogP contribution in [0.2, 0.25) is 0 Å². The van der Waals surface area contributed by atoms with Crippen molar-refractivity contribution in [2.24, 2.45) is 4.99 Å². The van der Waals surface area contributed by atoms with Crippen molar-refractivity contribution in [1.29, 1.82) is 5.26 Å². The minimum absolute atomic E-state index is 0.306. The first-order valence-corrected chi connectivity index (χ1v) is 6.41. The Kier molecular flexibility index (Phi) is 4.51. The monoisotopic (exact) mass is 268 g/mol. The van der Waals surface area contributed by atoms with Crippen LogP contribution < -0.4 is 0 Å². The molecule has 0 radical (unpaired) electrons. The number of nitriles is 1. The van der Waals surface area contributed by atoms with Crippen molar-refractivity contribution in [3.63, 3.8) is 0 Å². The van der Waals surface area contributed by atoms with Gasteiger partial charge in [0, 0.05) is 6.92 Å². The lowest BCUT2D eigenvalue weighted by atomic mass is 10.2. The number of hydrogen-bond donors (Lipinski definition) is 0. The topological polar surface area (TPSA) is 63.2 Å². The fourth-order valence-corrected chi connectivity index (χ4v) is 1.86. The third-order valence-electron chi connectivity index (χ3n) is 2.73. The number of aromatic nitrogens is 2. The second-order valence-corrected chi connectivity index (χ2v) is 4.21. The average Bonchev–Trinajstić information content (AvgIpc) is 2.82. The van der Waals surface area contributed by atoms with Gasteiger partial charge in [0.05, 0.1) is 19.5 Å². The van der Waals surface area contributed by atoms with Crippen molar-refractivity contribution in [3.8, 4) is 6.07 Å². The molecule has 2 aromatic rings. The van der Waals surface area contributed by atoms with Crippen molar-refractivity contribution in [2.45, 2.75) is 20.4 Å². The minimum atomic E-state index is 0.306. The van der Waals surface area contributed by atoms with Crippen LogP contribution in [0, 0.1) is 11.3 Å². The first-order chi connectivity index (χ1) is 9.74. The van der Waals surface area contributed by atoms with Gasteiger partial charge in [-0.05, 0) is 12.5 Å². The van der Waals surface area contributed by atoms with Crippen LogP contribution in [0.3, 0.4) is 0 Å². The molecule has 0 atom stereocenters. The van der Waals surface area contributed by atoms with Gasteiger partial charge >= 0.3 is 0 Å². The van der Waals surface area contributed by atoms with Crippen molar-refractivity contribution in [3.05, 3.63) is 47.9 Å². The number of rotatable bonds is 4. The van der Waals surface area contributed by atoms with Gasteiger partial charge in [0.15, 0.2) is 17.4 Å². The second-order valence-electron chi connectivity index (χ2n) is 4.21. The molecular weight excluding hydrogens is 252 g/mol. The van der Waals surface area contributed by atoms with Crippen LogP contribution in [0.5, 0.6) is 0 Å². The molecule has 0 fully saturated rings. The number of hydrogen-bond acceptors (Lipinski definition) is 4. The number of nitrogens with zero attached hydrogens (tertiary/aromatic N) is 4. The van der Waals surface area contributed by atoms with E-state index in [9.17, 15) is 0 Å². The van der Waals surface area contributed by atoms with Crippen molar-refractivity contribution < 1.29 is 4.74 Å². The molecule has 1 aromatic heterocycles. The molecule has 5 nitrogen and oxygen atoms in total. The highest BCUT2D eigenvalue weighted by Gasteiger charge is 2.11. The van der Waals surface area contributed by atoms with Gasteiger partial charge in [-0.2, -0.15) is 10.3 Å². The lowest BCUT2D eigenvalue weighted by Crippen LogP contribution is -2.02. The Labute approximate surface area is 118 Å². The molecule has 0 spiro atoms. The van der Waals surface area contributed by atoms with E-state index in [0.29, 0.717) is 30.6 Å². The summed E-state index contributed by atoms with van der Waals surface area (Å²) >= 11 is 0. The molecule has 0 aliphatic rings. The molecule has 1 heterocycles. The van der Waals surface area contributed by atoms with Crippen LogP contribution in [0.1, 0.15) is 25.1 Å². The molecule has 0 aliphatic heterocycles. The molecule has 1 aromatic carbocycles. The Hall–Kier alpha value is -2.61. The molecule has 2 rings (SSSR count). The molecule has 0 unspecified atom stereocenters. The predicted octanol–water partition coefficient (Wildman–Crippen LogP) is 2.89. The molecule has 102 valence electrons. The van der Waals surface area contributed by atoms with E-state index < -0.39 is 0 Å². The quantitative estimate of drug-likeness (QED) is 0.632. The highest BCUT2D eigenvalue weighted by Crippen LogP contribution is 2.19. The summed E-state index contributed by atoms with van der Waals surface area (Å²) in [6, 6.07) is 12.0. The number of ether oxygens (including phenoxy) is 1. The molecule has 20 heavy (non-hydrogen) atoms. The lowest BCUT2D eigenvalue weighted by molar-refractivity contribution is 0.324. The molecule has 5 heteroatoms. The molecule has 0 saturated heterocycles. The molecule has 0 N–H and O–H groups in total.